The van der Waals surface area contributed by atoms with E-state index in [0.717, 1.165) is 11.4 Å². The van der Waals surface area contributed by atoms with Crippen LogP contribution < -0.4 is 16.0 Å². The van der Waals surface area contributed by atoms with Crippen LogP contribution >= 0.6 is 12.2 Å². The Hall–Kier alpha value is -2.40. The fourth-order valence-electron chi connectivity index (χ4n) is 1.80. The zero-order valence-electron chi connectivity index (χ0n) is 11.0. The summed E-state index contributed by atoms with van der Waals surface area (Å²) in [5.74, 6) is -0.0712. The number of rotatable bonds is 3. The lowest BCUT2D eigenvalue weighted by atomic mass is 10.1. The largest absolute Gasteiger partial charge is 0.376 e. The minimum Gasteiger partial charge on any atom is -0.376 e. The van der Waals surface area contributed by atoms with Crippen LogP contribution in [0.2, 0.25) is 0 Å². The first-order valence-corrected chi connectivity index (χ1v) is 6.48. The van der Waals surface area contributed by atoms with E-state index in [9.17, 15) is 4.79 Å². The molecule has 0 fully saturated rings. The highest BCUT2D eigenvalue weighted by Gasteiger charge is 2.12. The molecule has 2 aromatic rings. The zero-order chi connectivity index (χ0) is 14.5. The summed E-state index contributed by atoms with van der Waals surface area (Å²) in [6.07, 6.45) is 0. The van der Waals surface area contributed by atoms with E-state index in [1.54, 1.807) is 36.2 Å². The van der Waals surface area contributed by atoms with Gasteiger partial charge < -0.3 is 16.0 Å². The average Bonchev–Trinajstić information content (AvgIpc) is 2.47. The van der Waals surface area contributed by atoms with E-state index >= 15 is 0 Å². The lowest BCUT2D eigenvalue weighted by molar-refractivity contribution is 0.0993. The summed E-state index contributed by atoms with van der Waals surface area (Å²) in [4.78, 5) is 13.9. The molecule has 20 heavy (non-hydrogen) atoms. The SMILES string of the molecule is CN(C(=O)c1ccc(NC(N)=S)cc1)c1ccccc1. The van der Waals surface area contributed by atoms with Gasteiger partial charge in [-0.3, -0.25) is 4.79 Å². The molecule has 5 heteroatoms. The maximum absolute atomic E-state index is 12.3. The number of amides is 1. The second-order valence-corrected chi connectivity index (χ2v) is 4.71. The van der Waals surface area contributed by atoms with E-state index in [1.807, 2.05) is 30.3 Å². The van der Waals surface area contributed by atoms with Crippen molar-refractivity contribution in [3.8, 4) is 0 Å². The Morgan fingerprint density at radius 3 is 2.25 bits per heavy atom. The molecule has 0 aliphatic rings. The van der Waals surface area contributed by atoms with E-state index in [4.69, 9.17) is 18.0 Å². The number of hydrogen-bond donors (Lipinski definition) is 2. The smallest absolute Gasteiger partial charge is 0.258 e. The summed E-state index contributed by atoms with van der Waals surface area (Å²) in [6.45, 7) is 0. The van der Waals surface area contributed by atoms with Crippen LogP contribution in [0.15, 0.2) is 54.6 Å². The molecule has 0 spiro atoms. The van der Waals surface area contributed by atoms with Crippen molar-refractivity contribution in [1.29, 1.82) is 0 Å². The molecule has 0 aliphatic carbocycles. The van der Waals surface area contributed by atoms with Crippen molar-refractivity contribution in [2.45, 2.75) is 0 Å². The summed E-state index contributed by atoms with van der Waals surface area (Å²) in [5.41, 5.74) is 7.60. The predicted octanol–water partition coefficient (Wildman–Crippen LogP) is 2.62. The van der Waals surface area contributed by atoms with Gasteiger partial charge in [0.2, 0.25) is 0 Å². The third kappa shape index (κ3) is 3.33. The van der Waals surface area contributed by atoms with Crippen LogP contribution in [-0.2, 0) is 0 Å². The van der Waals surface area contributed by atoms with Crippen molar-refractivity contribution in [2.75, 3.05) is 17.3 Å². The molecule has 2 rings (SSSR count). The predicted molar refractivity (Wildman–Crippen MR) is 86.0 cm³/mol. The van der Waals surface area contributed by atoms with Crippen LogP contribution in [-0.4, -0.2) is 18.1 Å². The number of nitrogens with one attached hydrogen (secondary N) is 1. The first-order chi connectivity index (χ1) is 9.58. The standard InChI is InChI=1S/C15H15N3OS/c1-18(13-5-3-2-4-6-13)14(19)11-7-9-12(10-8-11)17-15(16)20/h2-10H,1H3,(H3,16,17,20). The molecule has 1 amide bonds. The van der Waals surface area contributed by atoms with Gasteiger partial charge in [-0.1, -0.05) is 18.2 Å². The number of benzene rings is 2. The highest BCUT2D eigenvalue weighted by atomic mass is 32.1. The molecule has 0 atom stereocenters. The zero-order valence-corrected chi connectivity index (χ0v) is 11.9. The fourth-order valence-corrected chi connectivity index (χ4v) is 1.92. The quantitative estimate of drug-likeness (QED) is 0.851. The normalized spacial score (nSPS) is 9.85. The number of hydrogen-bond acceptors (Lipinski definition) is 2. The molecule has 102 valence electrons. The molecular weight excluding hydrogens is 270 g/mol. The number of anilines is 2. The second kappa shape index (κ2) is 6.16. The second-order valence-electron chi connectivity index (χ2n) is 4.27. The molecule has 0 saturated carbocycles. The van der Waals surface area contributed by atoms with Gasteiger partial charge in [-0.25, -0.2) is 0 Å². The monoisotopic (exact) mass is 285 g/mol. The average molecular weight is 285 g/mol. The Labute approximate surface area is 123 Å². The minimum atomic E-state index is -0.0712. The first kappa shape index (κ1) is 14.0. The van der Waals surface area contributed by atoms with E-state index in [2.05, 4.69) is 5.32 Å². The van der Waals surface area contributed by atoms with Crippen LogP contribution in [0.25, 0.3) is 0 Å². The summed E-state index contributed by atoms with van der Waals surface area (Å²) in [7, 11) is 1.75. The molecular formula is C15H15N3OS. The maximum atomic E-state index is 12.3. The van der Waals surface area contributed by atoms with Crippen LogP contribution in [0, 0.1) is 0 Å². The van der Waals surface area contributed by atoms with Gasteiger partial charge in [0, 0.05) is 24.0 Å². The van der Waals surface area contributed by atoms with Gasteiger partial charge in [0.25, 0.3) is 5.91 Å². The number of para-hydroxylation sites is 1. The Kier molecular flexibility index (Phi) is 4.32. The van der Waals surface area contributed by atoms with Gasteiger partial charge in [-0.15, -0.1) is 0 Å². The van der Waals surface area contributed by atoms with Gasteiger partial charge in [0.1, 0.15) is 0 Å². The van der Waals surface area contributed by atoms with Gasteiger partial charge in [-0.05, 0) is 48.6 Å². The highest BCUT2D eigenvalue weighted by Crippen LogP contribution is 2.16. The van der Waals surface area contributed by atoms with E-state index in [1.165, 1.54) is 0 Å². The molecule has 0 aliphatic heterocycles. The molecule has 0 saturated heterocycles. The molecule has 0 radical (unpaired) electrons. The van der Waals surface area contributed by atoms with E-state index < -0.39 is 0 Å². The minimum absolute atomic E-state index is 0.0712. The summed E-state index contributed by atoms with van der Waals surface area (Å²) < 4.78 is 0. The number of carbonyl (C=O) groups is 1. The maximum Gasteiger partial charge on any atom is 0.258 e. The molecule has 4 nitrogen and oxygen atoms in total. The Morgan fingerprint density at radius 2 is 1.70 bits per heavy atom. The van der Waals surface area contributed by atoms with Crippen LogP contribution in [0.5, 0.6) is 0 Å². The van der Waals surface area contributed by atoms with Crippen molar-refractivity contribution in [3.05, 3.63) is 60.2 Å². The van der Waals surface area contributed by atoms with Crippen LogP contribution in [0.3, 0.4) is 0 Å². The van der Waals surface area contributed by atoms with Gasteiger partial charge >= 0.3 is 0 Å². The van der Waals surface area contributed by atoms with Crippen molar-refractivity contribution >= 4 is 34.6 Å². The third-order valence-corrected chi connectivity index (χ3v) is 2.95. The molecule has 2 aromatic carbocycles. The van der Waals surface area contributed by atoms with Crippen molar-refractivity contribution in [1.82, 2.24) is 0 Å². The molecule has 0 bridgehead atoms. The third-order valence-electron chi connectivity index (χ3n) is 2.85. The number of carbonyl (C=O) groups excluding carboxylic acids is 1. The number of thiocarbonyl (C=S) groups is 1. The summed E-state index contributed by atoms with van der Waals surface area (Å²) in [6, 6.07) is 16.5. The Morgan fingerprint density at radius 1 is 1.10 bits per heavy atom. The van der Waals surface area contributed by atoms with Crippen LogP contribution in [0.4, 0.5) is 11.4 Å². The Bertz CT molecular complexity index is 611. The lowest BCUT2D eigenvalue weighted by Crippen LogP contribution is -2.26. The van der Waals surface area contributed by atoms with Crippen molar-refractivity contribution in [3.63, 3.8) is 0 Å². The van der Waals surface area contributed by atoms with Gasteiger partial charge in [-0.2, -0.15) is 0 Å². The molecule has 0 unspecified atom stereocenters. The fraction of sp³-hybridized carbons (Fsp3) is 0.0667. The summed E-state index contributed by atoms with van der Waals surface area (Å²) in [5, 5.41) is 3.02. The topological polar surface area (TPSA) is 58.4 Å². The van der Waals surface area contributed by atoms with Crippen molar-refractivity contribution < 1.29 is 4.79 Å². The Balaban J connectivity index is 2.15. The molecule has 0 heterocycles. The van der Waals surface area contributed by atoms with Crippen LogP contribution in [0.1, 0.15) is 10.4 Å². The lowest BCUT2D eigenvalue weighted by Gasteiger charge is -2.17. The van der Waals surface area contributed by atoms with Crippen molar-refractivity contribution in [2.24, 2.45) is 5.73 Å². The van der Waals surface area contributed by atoms with E-state index in [0.29, 0.717) is 5.56 Å². The first-order valence-electron chi connectivity index (χ1n) is 6.07. The highest BCUT2D eigenvalue weighted by molar-refractivity contribution is 7.80. The van der Waals surface area contributed by atoms with Gasteiger partial charge in [0.05, 0.1) is 0 Å². The number of nitrogens with two attached hydrogens (primary N) is 1. The molecule has 3 N–H and O–H groups in total. The molecule has 0 aromatic heterocycles. The summed E-state index contributed by atoms with van der Waals surface area (Å²) >= 11 is 4.76. The van der Waals surface area contributed by atoms with Gasteiger partial charge in [0.15, 0.2) is 5.11 Å². The van der Waals surface area contributed by atoms with E-state index in [-0.39, 0.29) is 11.0 Å². The number of nitrogens with zero attached hydrogens (tertiary/aromatic N) is 1.